The normalized spacial score (nSPS) is 14.9. The fourth-order valence-electron chi connectivity index (χ4n) is 2.37. The Bertz CT molecular complexity index is 621. The molecule has 0 rings (SSSR count). The Balaban J connectivity index is 6.05. The molecule has 0 spiro atoms. The number of alkyl halides is 13. The van der Waals surface area contributed by atoms with Crippen molar-refractivity contribution in [3.8, 4) is 0 Å². The first-order chi connectivity index (χ1) is 13.4. The van der Waals surface area contributed by atoms with Crippen molar-refractivity contribution >= 4 is 6.02 Å². The molecular weight excluding hydrogens is 471 g/mol. The molecule has 1 N–H and O–H groups in total. The molecule has 0 bridgehead atoms. The molecule has 0 aromatic heterocycles. The summed E-state index contributed by atoms with van der Waals surface area (Å²) >= 11 is 0. The molecule has 0 atom stereocenters. The van der Waals surface area contributed by atoms with E-state index >= 15 is 0 Å². The number of nitrogens with one attached hydrogen (secondary N) is 1. The van der Waals surface area contributed by atoms with Gasteiger partial charge in [0, 0.05) is 24.9 Å². The van der Waals surface area contributed by atoms with Crippen LogP contribution >= 0.6 is 0 Å². The van der Waals surface area contributed by atoms with E-state index in [2.05, 4.69) is 4.74 Å². The molecular formula is C15H19F13N2O. The third-order valence-electron chi connectivity index (χ3n) is 3.91. The van der Waals surface area contributed by atoms with Crippen LogP contribution in [0.2, 0.25) is 0 Å². The van der Waals surface area contributed by atoms with Crippen LogP contribution in [0.1, 0.15) is 40.5 Å². The van der Waals surface area contributed by atoms with Crippen molar-refractivity contribution in [2.75, 3.05) is 0 Å². The monoisotopic (exact) mass is 490 g/mol. The molecule has 186 valence electrons. The average molecular weight is 490 g/mol. The first-order valence-corrected chi connectivity index (χ1v) is 8.37. The van der Waals surface area contributed by atoms with Gasteiger partial charge in [-0.3, -0.25) is 5.41 Å². The predicted octanol–water partition coefficient (Wildman–Crippen LogP) is 6.53. The number of halogens is 13. The van der Waals surface area contributed by atoms with Crippen LogP contribution in [0.4, 0.5) is 57.1 Å². The Labute approximate surface area is 168 Å². The highest BCUT2D eigenvalue weighted by Crippen LogP contribution is 2.58. The maximum Gasteiger partial charge on any atom is 0.473 e. The van der Waals surface area contributed by atoms with Gasteiger partial charge in [-0.25, -0.2) is 0 Å². The van der Waals surface area contributed by atoms with E-state index in [4.69, 9.17) is 5.41 Å². The van der Waals surface area contributed by atoms with E-state index in [0.29, 0.717) is 4.90 Å². The van der Waals surface area contributed by atoms with Crippen LogP contribution < -0.4 is 0 Å². The molecule has 0 fully saturated rings. The number of nitrogens with zero attached hydrogens (tertiary/aromatic N) is 1. The van der Waals surface area contributed by atoms with Gasteiger partial charge in [0.2, 0.25) is 0 Å². The van der Waals surface area contributed by atoms with Gasteiger partial charge in [0.05, 0.1) is 0 Å². The van der Waals surface area contributed by atoms with Gasteiger partial charge in [0.15, 0.2) is 0 Å². The van der Waals surface area contributed by atoms with Crippen molar-refractivity contribution in [1.29, 1.82) is 5.41 Å². The van der Waals surface area contributed by atoms with Gasteiger partial charge in [-0.05, 0) is 27.7 Å². The summed E-state index contributed by atoms with van der Waals surface area (Å²) < 4.78 is 175. The lowest BCUT2D eigenvalue weighted by Gasteiger charge is -2.40. The topological polar surface area (TPSA) is 36.3 Å². The Morgan fingerprint density at radius 1 is 0.677 bits per heavy atom. The van der Waals surface area contributed by atoms with E-state index in [9.17, 15) is 57.1 Å². The van der Waals surface area contributed by atoms with Crippen LogP contribution in [0.3, 0.4) is 0 Å². The molecule has 3 nitrogen and oxygen atoms in total. The van der Waals surface area contributed by atoms with Gasteiger partial charge in [-0.15, -0.1) is 0 Å². The van der Waals surface area contributed by atoms with Crippen molar-refractivity contribution < 1.29 is 61.8 Å². The quantitative estimate of drug-likeness (QED) is 0.227. The lowest BCUT2D eigenvalue weighted by Crippen LogP contribution is -2.68. The maximum absolute atomic E-state index is 13.8. The highest BCUT2D eigenvalue weighted by molar-refractivity contribution is 5.71. The Hall–Kier alpha value is -1.64. The van der Waals surface area contributed by atoms with Crippen LogP contribution in [0.5, 0.6) is 0 Å². The van der Waals surface area contributed by atoms with E-state index in [1.807, 2.05) is 0 Å². The second-order valence-corrected chi connectivity index (χ2v) is 7.06. The van der Waals surface area contributed by atoms with Crippen LogP contribution in [-0.4, -0.2) is 59.0 Å². The molecule has 0 unspecified atom stereocenters. The van der Waals surface area contributed by atoms with Gasteiger partial charge in [0.25, 0.3) is 6.02 Å². The van der Waals surface area contributed by atoms with Crippen molar-refractivity contribution in [2.24, 2.45) is 0 Å². The third kappa shape index (κ3) is 5.79. The summed E-state index contributed by atoms with van der Waals surface area (Å²) in [7, 11) is 0. The highest BCUT2D eigenvalue weighted by Gasteiger charge is 2.87. The standard InChI is InChI=1S/C15H19F13N2O/c1-7(2)30(8(3)4)9(29)31-15(27,28)14(25,26)13(23,24)12(21,22)10(16,17)5-6-11(18,19)20/h7-8,29H,5-6H2,1-4H3. The van der Waals surface area contributed by atoms with Gasteiger partial charge < -0.3 is 9.64 Å². The van der Waals surface area contributed by atoms with Gasteiger partial charge in [-0.2, -0.15) is 57.1 Å². The number of rotatable bonds is 9. The van der Waals surface area contributed by atoms with Gasteiger partial charge in [0.1, 0.15) is 0 Å². The van der Waals surface area contributed by atoms with Crippen LogP contribution in [0, 0.1) is 5.41 Å². The molecule has 0 aliphatic carbocycles. The molecule has 0 aliphatic rings. The minimum Gasteiger partial charge on any atom is -0.396 e. The lowest BCUT2D eigenvalue weighted by molar-refractivity contribution is -0.435. The number of amidine groups is 1. The fraction of sp³-hybridized carbons (Fsp3) is 0.933. The minimum atomic E-state index is -7.58. The second-order valence-electron chi connectivity index (χ2n) is 7.06. The minimum absolute atomic E-state index is 0.540. The van der Waals surface area contributed by atoms with Crippen LogP contribution in [0.15, 0.2) is 0 Å². The zero-order chi connectivity index (χ0) is 25.4. The summed E-state index contributed by atoms with van der Waals surface area (Å²) in [6.45, 7) is 4.94. The molecule has 0 heterocycles. The fourth-order valence-corrected chi connectivity index (χ4v) is 2.37. The summed E-state index contributed by atoms with van der Waals surface area (Å²) in [5, 5.41) is 7.25. The summed E-state index contributed by atoms with van der Waals surface area (Å²) in [6.07, 6.45) is -18.0. The van der Waals surface area contributed by atoms with Gasteiger partial charge in [-0.1, -0.05) is 0 Å². The number of hydrogen-bond acceptors (Lipinski definition) is 2. The van der Waals surface area contributed by atoms with Crippen LogP contribution in [0.25, 0.3) is 0 Å². The van der Waals surface area contributed by atoms with Crippen molar-refractivity contribution in [3.05, 3.63) is 0 Å². The first kappa shape index (κ1) is 29.4. The lowest BCUT2D eigenvalue weighted by atomic mass is 9.95. The van der Waals surface area contributed by atoms with E-state index in [1.54, 1.807) is 0 Å². The van der Waals surface area contributed by atoms with E-state index in [1.165, 1.54) is 27.7 Å². The van der Waals surface area contributed by atoms with Crippen molar-refractivity contribution in [2.45, 2.75) is 88.6 Å². The summed E-state index contributed by atoms with van der Waals surface area (Å²) in [4.78, 5) is 0.540. The zero-order valence-corrected chi connectivity index (χ0v) is 16.3. The Morgan fingerprint density at radius 2 is 1.06 bits per heavy atom. The SMILES string of the molecule is CC(C)N(C(=N)OC(F)(F)C(F)(F)C(F)(F)C(F)(F)C(F)(F)CCC(F)(F)F)C(C)C. The molecule has 0 saturated carbocycles. The molecule has 0 aromatic carbocycles. The molecule has 31 heavy (non-hydrogen) atoms. The highest BCUT2D eigenvalue weighted by atomic mass is 19.4. The third-order valence-corrected chi connectivity index (χ3v) is 3.91. The first-order valence-electron chi connectivity index (χ1n) is 8.37. The summed E-state index contributed by atoms with van der Waals surface area (Å²) in [5.41, 5.74) is 0. The number of hydrogen-bond donors (Lipinski definition) is 1. The van der Waals surface area contributed by atoms with E-state index in [0.717, 1.165) is 0 Å². The Morgan fingerprint density at radius 3 is 1.39 bits per heavy atom. The molecule has 16 heteroatoms. The number of ether oxygens (including phenoxy) is 1. The van der Waals surface area contributed by atoms with E-state index in [-0.39, 0.29) is 0 Å². The summed E-state index contributed by atoms with van der Waals surface area (Å²) in [6, 6.07) is -3.69. The average Bonchev–Trinajstić information content (AvgIpc) is 2.50. The van der Waals surface area contributed by atoms with Crippen molar-refractivity contribution in [3.63, 3.8) is 0 Å². The zero-order valence-electron chi connectivity index (χ0n) is 16.3. The van der Waals surface area contributed by atoms with Crippen molar-refractivity contribution in [1.82, 2.24) is 4.90 Å². The van der Waals surface area contributed by atoms with Gasteiger partial charge >= 0.3 is 36.0 Å². The Kier molecular flexibility index (Phi) is 8.25. The largest absolute Gasteiger partial charge is 0.473 e. The summed E-state index contributed by atoms with van der Waals surface area (Å²) in [5.74, 6) is -28.8. The molecule has 0 radical (unpaired) electrons. The second kappa shape index (κ2) is 8.71. The van der Waals surface area contributed by atoms with Crippen LogP contribution in [-0.2, 0) is 4.74 Å². The molecule has 0 saturated heterocycles. The predicted molar refractivity (Wildman–Crippen MR) is 80.9 cm³/mol. The molecule has 0 aliphatic heterocycles. The van der Waals surface area contributed by atoms with E-state index < -0.39 is 66.9 Å². The maximum atomic E-state index is 13.8. The molecule has 0 aromatic rings. The smallest absolute Gasteiger partial charge is 0.396 e. The molecule has 0 amide bonds.